The molecule has 0 aliphatic heterocycles. The van der Waals surface area contributed by atoms with Crippen LogP contribution in [0.1, 0.15) is 71.6 Å². The van der Waals surface area contributed by atoms with E-state index in [4.69, 9.17) is 66.5 Å². The zero-order chi connectivity index (χ0) is 32.6. The first-order chi connectivity index (χ1) is 17.5. The molecule has 0 nitrogen and oxygen atoms in total. The monoisotopic (exact) mass is 768 g/mol. The third-order valence-corrected chi connectivity index (χ3v) is 12.1. The first kappa shape index (κ1) is 43.4. The Morgan fingerprint density at radius 2 is 0.850 bits per heavy atom. The van der Waals surface area contributed by atoms with Crippen molar-refractivity contribution < 1.29 is 57.1 Å². The van der Waals surface area contributed by atoms with Gasteiger partial charge < -0.3 is 0 Å². The van der Waals surface area contributed by atoms with Crippen LogP contribution in [0.25, 0.3) is 0 Å². The summed E-state index contributed by atoms with van der Waals surface area (Å²) in [5.74, 6) is -37.4. The summed E-state index contributed by atoms with van der Waals surface area (Å²) in [7, 11) is 0. The number of halogens is 19. The Morgan fingerprint density at radius 1 is 0.500 bits per heavy atom. The van der Waals surface area contributed by atoms with Gasteiger partial charge in [-0.05, 0) is 12.5 Å². The lowest BCUT2D eigenvalue weighted by molar-refractivity contribution is -0.440. The van der Waals surface area contributed by atoms with Gasteiger partial charge in [0.1, 0.15) is 0 Å². The molecule has 1 unspecified atom stereocenters. The fraction of sp³-hybridized carbons (Fsp3) is 1.00. The maximum atomic E-state index is 13.8. The van der Waals surface area contributed by atoms with Gasteiger partial charge in [-0.2, -0.15) is 57.1 Å². The van der Waals surface area contributed by atoms with E-state index in [1.54, 1.807) is 0 Å². The van der Waals surface area contributed by atoms with E-state index in [1.165, 1.54) is 44.9 Å². The average Bonchev–Trinajstić information content (AvgIpc) is 2.73. The smallest absolute Gasteiger partial charge is 0.200 e. The molecule has 0 fully saturated rings. The zero-order valence-corrected chi connectivity index (χ0v) is 27.4. The maximum absolute atomic E-state index is 13.8. The van der Waals surface area contributed by atoms with Crippen molar-refractivity contribution in [3.63, 3.8) is 0 Å². The Bertz CT molecular complexity index is 742. The van der Waals surface area contributed by atoms with Crippen molar-refractivity contribution in [2.75, 3.05) is 0 Å². The molecule has 0 amide bonds. The van der Waals surface area contributed by atoms with Crippen molar-refractivity contribution in [1.82, 2.24) is 0 Å². The molecule has 1 atom stereocenters. The minimum Gasteiger partial charge on any atom is -0.200 e. The van der Waals surface area contributed by atoms with E-state index < -0.39 is 59.8 Å². The second-order valence-corrected chi connectivity index (χ2v) is 26.9. The molecule has 0 saturated heterocycles. The molecule has 0 heterocycles. The molecule has 0 saturated carbocycles. The van der Waals surface area contributed by atoms with Crippen molar-refractivity contribution in [3.8, 4) is 0 Å². The third kappa shape index (κ3) is 11.3. The van der Waals surface area contributed by atoms with E-state index in [0.29, 0.717) is 6.92 Å². The summed E-state index contributed by atoms with van der Waals surface area (Å²) in [5, 5.41) is 0. The van der Waals surface area contributed by atoms with Crippen molar-refractivity contribution >= 4 is 78.5 Å². The first-order valence-corrected chi connectivity index (χ1v) is 21.9. The normalized spacial score (nSPS) is 15.5. The van der Waals surface area contributed by atoms with E-state index >= 15 is 0 Å². The number of rotatable bonds is 16. The Hall–Kier alpha value is 1.26. The van der Waals surface area contributed by atoms with Crippen LogP contribution in [0.15, 0.2) is 0 Å². The van der Waals surface area contributed by atoms with Gasteiger partial charge in [-0.3, -0.25) is 0 Å². The van der Waals surface area contributed by atoms with E-state index in [1.807, 2.05) is 0 Å². The van der Waals surface area contributed by atoms with Gasteiger partial charge in [0.2, 0.25) is 0 Å². The molecule has 0 aromatic rings. The Kier molecular flexibility index (Phi) is 17.4. The minimum atomic E-state index is -7.96. The van der Waals surface area contributed by atoms with E-state index in [9.17, 15) is 57.1 Å². The molecule has 0 aliphatic carbocycles. The predicted octanol–water partition coefficient (Wildman–Crippen LogP) is 12.9. The zero-order valence-electron chi connectivity index (χ0n) is 20.8. The molecule has 21 heteroatoms. The Morgan fingerprint density at radius 3 is 1.15 bits per heavy atom. The third-order valence-electron chi connectivity index (χ3n) is 5.51. The largest absolute Gasteiger partial charge is 0.460 e. The van der Waals surface area contributed by atoms with Crippen molar-refractivity contribution in [2.45, 2.75) is 119 Å². The lowest BCUT2D eigenvalue weighted by atomic mass is 9.92. The van der Waals surface area contributed by atoms with Gasteiger partial charge in [0.25, 0.3) is 0 Å². The van der Waals surface area contributed by atoms with Crippen LogP contribution in [0.5, 0.6) is 0 Å². The standard InChI is InChI=1S/C10H21Cl3Si.C9H6Cl3F13Si/c1-2-3-4-5-6-7-8-9-10-14(11,12)13;1-2-3(26(10,11)12)4(13,14)5(15,16)6(17,18)7(19,20)8(21,22)9(23,24)25/h2-10H2,1H3;3H,2H2,1H3. The van der Waals surface area contributed by atoms with Crippen LogP contribution in [-0.4, -0.2) is 47.8 Å². The fourth-order valence-electron chi connectivity index (χ4n) is 3.15. The molecule has 0 spiro atoms. The molecule has 244 valence electrons. The molecule has 0 aromatic carbocycles. The van der Waals surface area contributed by atoms with Gasteiger partial charge in [0.05, 0.1) is 5.54 Å². The van der Waals surface area contributed by atoms with Gasteiger partial charge >= 0.3 is 47.8 Å². The topological polar surface area (TPSA) is 0 Å². The summed E-state index contributed by atoms with van der Waals surface area (Å²) in [5.41, 5.74) is -3.31. The van der Waals surface area contributed by atoms with Gasteiger partial charge in [-0.15, -0.1) is 66.5 Å². The second-order valence-electron chi connectivity index (χ2n) is 8.76. The second kappa shape index (κ2) is 16.0. The number of hydrogen-bond donors (Lipinski definition) is 0. The number of unbranched alkanes of at least 4 members (excludes halogenated alkanes) is 7. The molecule has 0 aliphatic rings. The highest BCUT2D eigenvalue weighted by molar-refractivity contribution is 7.65. The van der Waals surface area contributed by atoms with Crippen molar-refractivity contribution in [3.05, 3.63) is 0 Å². The molecule has 0 N–H and O–H groups in total. The van der Waals surface area contributed by atoms with E-state index in [2.05, 4.69) is 6.92 Å². The highest BCUT2D eigenvalue weighted by Crippen LogP contribution is 2.64. The first-order valence-electron chi connectivity index (χ1n) is 11.6. The van der Waals surface area contributed by atoms with Crippen LogP contribution in [0, 0.1) is 0 Å². The summed E-state index contributed by atoms with van der Waals surface area (Å²) >= 11 is 32.4. The summed E-state index contributed by atoms with van der Waals surface area (Å²) in [6.07, 6.45) is 1.65. The van der Waals surface area contributed by atoms with Gasteiger partial charge in [-0.25, -0.2) is 0 Å². The molecule has 40 heavy (non-hydrogen) atoms. The molecular formula is C19H27Cl6F13Si2. The van der Waals surface area contributed by atoms with Crippen molar-refractivity contribution in [2.24, 2.45) is 0 Å². The Labute approximate surface area is 253 Å². The molecule has 0 radical (unpaired) electrons. The number of hydrogen-bond acceptors (Lipinski definition) is 0. The van der Waals surface area contributed by atoms with Gasteiger partial charge in [-0.1, -0.05) is 65.2 Å². The summed E-state index contributed by atoms with van der Waals surface area (Å²) < 4.78 is 168. The fourth-order valence-corrected chi connectivity index (χ4v) is 8.68. The maximum Gasteiger partial charge on any atom is 0.460 e. The summed E-state index contributed by atoms with van der Waals surface area (Å²) in [6, 6.07) is -6.55. The van der Waals surface area contributed by atoms with Crippen molar-refractivity contribution in [1.29, 1.82) is 0 Å². The molecule has 0 aromatic heterocycles. The molecule has 0 rings (SSSR count). The van der Waals surface area contributed by atoms with Crippen LogP contribution < -0.4 is 0 Å². The van der Waals surface area contributed by atoms with Gasteiger partial charge in [0.15, 0.2) is 0 Å². The minimum absolute atomic E-state index is 0.587. The quantitative estimate of drug-likeness (QED) is 0.0635. The predicted molar refractivity (Wildman–Crippen MR) is 139 cm³/mol. The number of alkyl halides is 13. The highest BCUT2D eigenvalue weighted by atomic mass is 35.8. The van der Waals surface area contributed by atoms with Gasteiger partial charge in [0, 0.05) is 0 Å². The van der Waals surface area contributed by atoms with Crippen LogP contribution >= 0.6 is 66.5 Å². The average molecular weight is 771 g/mol. The molecular weight excluding hydrogens is 744 g/mol. The lowest BCUT2D eigenvalue weighted by Crippen LogP contribution is -2.71. The van der Waals surface area contributed by atoms with Crippen LogP contribution in [0.2, 0.25) is 11.6 Å². The molecule has 0 bridgehead atoms. The van der Waals surface area contributed by atoms with Crippen LogP contribution in [-0.2, 0) is 0 Å². The SMILES string of the molecule is CCC(C(F)(F)C(F)(F)C(F)(F)C(F)(F)C(F)(F)C(F)(F)F)[Si](Cl)(Cl)Cl.CCCCCCCCCC[Si](Cl)(Cl)Cl. The Balaban J connectivity index is 0. The van der Waals surface area contributed by atoms with Crippen LogP contribution in [0.4, 0.5) is 57.1 Å². The van der Waals surface area contributed by atoms with E-state index in [-0.39, 0.29) is 0 Å². The summed E-state index contributed by atoms with van der Waals surface area (Å²) in [6.45, 7) is 2.83. The summed E-state index contributed by atoms with van der Waals surface area (Å²) in [4.78, 5) is 0. The highest BCUT2D eigenvalue weighted by Gasteiger charge is 2.91. The van der Waals surface area contributed by atoms with Crippen LogP contribution in [0.3, 0.4) is 0 Å². The lowest BCUT2D eigenvalue weighted by Gasteiger charge is -2.42. The van der Waals surface area contributed by atoms with E-state index in [0.717, 1.165) is 12.5 Å².